The number of rotatable bonds is 5. The Hall–Kier alpha value is -2.60. The van der Waals surface area contributed by atoms with Crippen LogP contribution in [-0.4, -0.2) is 42.7 Å². The Morgan fingerprint density at radius 2 is 2.08 bits per heavy atom. The van der Waals surface area contributed by atoms with E-state index in [1.54, 1.807) is 20.2 Å². The standard InChI is InChI=1S/C20H23N3O3/c1-3-26-20(24)19-15(12-25-2)18-14-10-13(23-8-4-5-9-23)6-7-16(14)22-17(18)11-21-19/h6-7,10-11,22H,3-5,8-9,12H2,1-2H3. The number of nitrogens with zero attached hydrogens (tertiary/aromatic N) is 2. The van der Waals surface area contributed by atoms with Crippen LogP contribution in [0.25, 0.3) is 21.8 Å². The third kappa shape index (κ3) is 2.80. The number of fused-ring (bicyclic) bond motifs is 3. The van der Waals surface area contributed by atoms with Crippen LogP contribution in [0.4, 0.5) is 5.69 Å². The molecular formula is C20H23N3O3. The van der Waals surface area contributed by atoms with Crippen molar-refractivity contribution in [2.45, 2.75) is 26.4 Å². The Morgan fingerprint density at radius 1 is 1.27 bits per heavy atom. The van der Waals surface area contributed by atoms with Gasteiger partial charge in [-0.25, -0.2) is 9.78 Å². The molecule has 0 bridgehead atoms. The molecule has 3 aromatic rings. The number of nitrogens with one attached hydrogen (secondary N) is 1. The molecule has 0 unspecified atom stereocenters. The molecule has 4 rings (SSSR count). The highest BCUT2D eigenvalue weighted by Crippen LogP contribution is 2.33. The van der Waals surface area contributed by atoms with Crippen molar-refractivity contribution >= 4 is 33.5 Å². The third-order valence-electron chi connectivity index (χ3n) is 4.95. The summed E-state index contributed by atoms with van der Waals surface area (Å²) >= 11 is 0. The summed E-state index contributed by atoms with van der Waals surface area (Å²) in [5.74, 6) is -0.411. The van der Waals surface area contributed by atoms with E-state index in [1.807, 2.05) is 0 Å². The van der Waals surface area contributed by atoms with E-state index in [0.717, 1.165) is 40.5 Å². The number of aromatic amines is 1. The zero-order valence-corrected chi connectivity index (χ0v) is 15.2. The van der Waals surface area contributed by atoms with Gasteiger partial charge in [0.05, 0.1) is 24.9 Å². The van der Waals surface area contributed by atoms with E-state index in [0.29, 0.717) is 18.9 Å². The molecule has 3 heterocycles. The Labute approximate surface area is 152 Å². The SMILES string of the molecule is CCOC(=O)c1ncc2[nH]c3ccc(N4CCCC4)cc3c2c1COC. The molecule has 0 radical (unpaired) electrons. The highest BCUT2D eigenvalue weighted by molar-refractivity contribution is 6.11. The maximum atomic E-state index is 12.4. The molecule has 1 fully saturated rings. The van der Waals surface area contributed by atoms with Crippen LogP contribution in [0.3, 0.4) is 0 Å². The third-order valence-corrected chi connectivity index (χ3v) is 4.95. The first-order valence-corrected chi connectivity index (χ1v) is 9.07. The van der Waals surface area contributed by atoms with Crippen LogP contribution in [0.1, 0.15) is 35.8 Å². The van der Waals surface area contributed by atoms with Crippen LogP contribution >= 0.6 is 0 Å². The first-order valence-electron chi connectivity index (χ1n) is 9.07. The number of benzene rings is 1. The van der Waals surface area contributed by atoms with E-state index in [1.165, 1.54) is 18.5 Å². The van der Waals surface area contributed by atoms with E-state index in [-0.39, 0.29) is 0 Å². The maximum Gasteiger partial charge on any atom is 0.357 e. The van der Waals surface area contributed by atoms with E-state index < -0.39 is 5.97 Å². The van der Waals surface area contributed by atoms with Gasteiger partial charge >= 0.3 is 5.97 Å². The van der Waals surface area contributed by atoms with Gasteiger partial charge in [0.1, 0.15) is 0 Å². The fraction of sp³-hybridized carbons (Fsp3) is 0.400. The molecule has 6 nitrogen and oxygen atoms in total. The summed E-state index contributed by atoms with van der Waals surface area (Å²) < 4.78 is 10.6. The number of aromatic nitrogens is 2. The van der Waals surface area contributed by atoms with Crippen molar-refractivity contribution in [3.05, 3.63) is 35.7 Å². The summed E-state index contributed by atoms with van der Waals surface area (Å²) in [6.07, 6.45) is 4.17. The Kier molecular flexibility index (Phi) is 4.51. The van der Waals surface area contributed by atoms with Crippen LogP contribution in [0.5, 0.6) is 0 Å². The van der Waals surface area contributed by atoms with Gasteiger partial charge in [-0.2, -0.15) is 0 Å². The van der Waals surface area contributed by atoms with Gasteiger partial charge in [-0.1, -0.05) is 0 Å². The number of hydrogen-bond acceptors (Lipinski definition) is 5. The van der Waals surface area contributed by atoms with Crippen molar-refractivity contribution in [2.24, 2.45) is 0 Å². The molecule has 0 atom stereocenters. The highest BCUT2D eigenvalue weighted by Gasteiger charge is 2.21. The summed E-state index contributed by atoms with van der Waals surface area (Å²) in [6.45, 7) is 4.60. The Morgan fingerprint density at radius 3 is 2.81 bits per heavy atom. The molecule has 0 amide bonds. The van der Waals surface area contributed by atoms with Crippen molar-refractivity contribution in [1.82, 2.24) is 9.97 Å². The van der Waals surface area contributed by atoms with Gasteiger partial charge in [-0.15, -0.1) is 0 Å². The first-order chi connectivity index (χ1) is 12.7. The van der Waals surface area contributed by atoms with Gasteiger partial charge in [0.2, 0.25) is 0 Å². The lowest BCUT2D eigenvalue weighted by Gasteiger charge is -2.17. The maximum absolute atomic E-state index is 12.4. The lowest BCUT2D eigenvalue weighted by Crippen LogP contribution is -2.17. The van der Waals surface area contributed by atoms with Crippen molar-refractivity contribution in [3.63, 3.8) is 0 Å². The summed E-state index contributed by atoms with van der Waals surface area (Å²) in [6, 6.07) is 6.45. The molecule has 0 saturated carbocycles. The highest BCUT2D eigenvalue weighted by atomic mass is 16.5. The lowest BCUT2D eigenvalue weighted by molar-refractivity contribution is 0.0514. The molecule has 1 N–H and O–H groups in total. The minimum absolute atomic E-state index is 0.305. The number of anilines is 1. The molecular weight excluding hydrogens is 330 g/mol. The zero-order valence-electron chi connectivity index (χ0n) is 15.2. The predicted octanol–water partition coefficient (Wildman–Crippen LogP) is 3.64. The van der Waals surface area contributed by atoms with Gasteiger partial charge in [-0.05, 0) is 38.0 Å². The molecule has 0 spiro atoms. The van der Waals surface area contributed by atoms with Crippen LogP contribution in [0.2, 0.25) is 0 Å². The quantitative estimate of drug-likeness (QED) is 0.709. The average molecular weight is 353 g/mol. The van der Waals surface area contributed by atoms with Gasteiger partial charge in [-0.3, -0.25) is 0 Å². The van der Waals surface area contributed by atoms with Crippen molar-refractivity contribution in [2.75, 3.05) is 31.7 Å². The van der Waals surface area contributed by atoms with Crippen molar-refractivity contribution in [3.8, 4) is 0 Å². The number of esters is 1. The normalized spacial score (nSPS) is 14.5. The Bertz CT molecular complexity index is 958. The number of H-pyrrole nitrogens is 1. The fourth-order valence-corrected chi connectivity index (χ4v) is 3.78. The molecule has 6 heteroatoms. The van der Waals surface area contributed by atoms with Crippen molar-refractivity contribution in [1.29, 1.82) is 0 Å². The number of methoxy groups -OCH3 is 1. The number of pyridine rings is 1. The molecule has 2 aromatic heterocycles. The molecule has 1 aliphatic rings. The lowest BCUT2D eigenvalue weighted by atomic mass is 10.1. The smallest absolute Gasteiger partial charge is 0.357 e. The van der Waals surface area contributed by atoms with Gasteiger partial charge in [0.15, 0.2) is 5.69 Å². The monoisotopic (exact) mass is 353 g/mol. The second-order valence-corrected chi connectivity index (χ2v) is 6.58. The van der Waals surface area contributed by atoms with E-state index in [4.69, 9.17) is 9.47 Å². The van der Waals surface area contributed by atoms with Crippen LogP contribution < -0.4 is 4.90 Å². The molecule has 26 heavy (non-hydrogen) atoms. The largest absolute Gasteiger partial charge is 0.461 e. The van der Waals surface area contributed by atoms with Gasteiger partial charge in [0.25, 0.3) is 0 Å². The average Bonchev–Trinajstić information content (AvgIpc) is 3.29. The molecule has 0 aliphatic carbocycles. The minimum atomic E-state index is -0.411. The second kappa shape index (κ2) is 6.96. The summed E-state index contributed by atoms with van der Waals surface area (Å²) in [5.41, 5.74) is 4.25. The van der Waals surface area contributed by atoms with Crippen LogP contribution in [0.15, 0.2) is 24.4 Å². The van der Waals surface area contributed by atoms with Gasteiger partial charge in [0, 0.05) is 47.7 Å². The molecule has 1 aliphatic heterocycles. The van der Waals surface area contributed by atoms with Crippen LogP contribution in [0, 0.1) is 0 Å². The summed E-state index contributed by atoms with van der Waals surface area (Å²) in [5, 5.41) is 2.07. The number of carbonyl (C=O) groups is 1. The van der Waals surface area contributed by atoms with E-state index in [9.17, 15) is 4.79 Å². The summed E-state index contributed by atoms with van der Waals surface area (Å²) in [7, 11) is 1.62. The fourth-order valence-electron chi connectivity index (χ4n) is 3.78. The number of hydrogen-bond donors (Lipinski definition) is 1. The predicted molar refractivity (Wildman–Crippen MR) is 102 cm³/mol. The Balaban J connectivity index is 1.93. The van der Waals surface area contributed by atoms with Gasteiger partial charge < -0.3 is 19.4 Å². The molecule has 1 saturated heterocycles. The molecule has 1 aromatic carbocycles. The minimum Gasteiger partial charge on any atom is -0.461 e. The zero-order chi connectivity index (χ0) is 18.1. The first kappa shape index (κ1) is 16.8. The van der Waals surface area contributed by atoms with Crippen molar-refractivity contribution < 1.29 is 14.3 Å². The number of carbonyl (C=O) groups excluding carboxylic acids is 1. The molecule has 136 valence electrons. The second-order valence-electron chi connectivity index (χ2n) is 6.58. The number of ether oxygens (including phenoxy) is 2. The van der Waals surface area contributed by atoms with Crippen LogP contribution in [-0.2, 0) is 16.1 Å². The summed E-state index contributed by atoms with van der Waals surface area (Å²) in [4.78, 5) is 22.5. The topological polar surface area (TPSA) is 67.5 Å². The van der Waals surface area contributed by atoms with E-state index in [2.05, 4.69) is 33.1 Å². The van der Waals surface area contributed by atoms with E-state index >= 15 is 0 Å².